The number of allylic oxidation sites excluding steroid dienone is 2. The van der Waals surface area contributed by atoms with E-state index in [1.807, 2.05) is 19.1 Å². The lowest BCUT2D eigenvalue weighted by atomic mass is 10.2. The van der Waals surface area contributed by atoms with Gasteiger partial charge in [-0.15, -0.1) is 0 Å². The Kier molecular flexibility index (Phi) is 4.54. The van der Waals surface area contributed by atoms with E-state index in [0.717, 1.165) is 11.1 Å². The number of nitrogens with two attached hydrogens (primary N) is 1. The van der Waals surface area contributed by atoms with Crippen molar-refractivity contribution in [2.24, 2.45) is 5.90 Å². The first-order valence-corrected chi connectivity index (χ1v) is 3.00. The molecule has 0 amide bonds. The van der Waals surface area contributed by atoms with Crippen LogP contribution in [-0.2, 0) is 4.84 Å². The minimum atomic E-state index is 0.365. The molecule has 0 aromatic heterocycles. The van der Waals surface area contributed by atoms with Gasteiger partial charge in [0.1, 0.15) is 0 Å². The molecule has 2 nitrogen and oxygen atoms in total. The molecule has 0 aliphatic heterocycles. The van der Waals surface area contributed by atoms with Crippen molar-refractivity contribution in [1.29, 1.82) is 0 Å². The average Bonchev–Trinajstić information content (AvgIpc) is 1.85. The summed E-state index contributed by atoms with van der Waals surface area (Å²) in [4.78, 5) is 4.36. The van der Waals surface area contributed by atoms with Crippen molar-refractivity contribution >= 4 is 0 Å². The van der Waals surface area contributed by atoms with Crippen LogP contribution in [0.15, 0.2) is 36.5 Å². The molecule has 0 heterocycles. The predicted octanol–water partition coefficient (Wildman–Crippen LogP) is 1.57. The molecule has 0 radical (unpaired) electrons. The van der Waals surface area contributed by atoms with Crippen molar-refractivity contribution in [1.82, 2.24) is 0 Å². The maximum atomic E-state index is 4.82. The molecule has 56 valence electrons. The fourth-order valence-corrected chi connectivity index (χ4v) is 0.415. The van der Waals surface area contributed by atoms with E-state index in [9.17, 15) is 0 Å². The van der Waals surface area contributed by atoms with Gasteiger partial charge in [-0.1, -0.05) is 30.9 Å². The summed E-state index contributed by atoms with van der Waals surface area (Å²) >= 11 is 0. The Bertz CT molecular complexity index is 159. The first kappa shape index (κ1) is 9.14. The quantitative estimate of drug-likeness (QED) is 0.474. The van der Waals surface area contributed by atoms with Gasteiger partial charge in [-0.25, -0.2) is 5.90 Å². The third-order valence-electron chi connectivity index (χ3n) is 0.872. The predicted molar refractivity (Wildman–Crippen MR) is 43.2 cm³/mol. The van der Waals surface area contributed by atoms with Gasteiger partial charge in [0.15, 0.2) is 0 Å². The summed E-state index contributed by atoms with van der Waals surface area (Å²) in [5.74, 6) is 4.82. The van der Waals surface area contributed by atoms with E-state index in [-0.39, 0.29) is 0 Å². The summed E-state index contributed by atoms with van der Waals surface area (Å²) in [5, 5.41) is 0. The van der Waals surface area contributed by atoms with Crippen LogP contribution in [0.4, 0.5) is 0 Å². The molecule has 0 bridgehead atoms. The van der Waals surface area contributed by atoms with Gasteiger partial charge in [0.25, 0.3) is 0 Å². The van der Waals surface area contributed by atoms with E-state index in [1.165, 1.54) is 0 Å². The van der Waals surface area contributed by atoms with Gasteiger partial charge in [-0.2, -0.15) is 0 Å². The van der Waals surface area contributed by atoms with E-state index in [2.05, 4.69) is 18.0 Å². The summed E-state index contributed by atoms with van der Waals surface area (Å²) in [6.45, 7) is 9.65. The molecule has 2 heteroatoms. The van der Waals surface area contributed by atoms with Crippen molar-refractivity contribution in [3.63, 3.8) is 0 Å². The Morgan fingerprint density at radius 1 is 1.50 bits per heavy atom. The summed E-state index contributed by atoms with van der Waals surface area (Å²) in [6, 6.07) is 0. The highest BCUT2D eigenvalue weighted by atomic mass is 16.6. The van der Waals surface area contributed by atoms with Crippen molar-refractivity contribution < 1.29 is 4.84 Å². The summed E-state index contributed by atoms with van der Waals surface area (Å²) < 4.78 is 0. The number of hydrogen-bond donors (Lipinski definition) is 1. The van der Waals surface area contributed by atoms with Crippen LogP contribution in [0.5, 0.6) is 0 Å². The van der Waals surface area contributed by atoms with E-state index >= 15 is 0 Å². The zero-order valence-electron chi connectivity index (χ0n) is 6.26. The maximum absolute atomic E-state index is 4.82. The largest absolute Gasteiger partial charge is 0.300 e. The summed E-state index contributed by atoms with van der Waals surface area (Å²) in [7, 11) is 0. The van der Waals surface area contributed by atoms with Crippen molar-refractivity contribution in [3.05, 3.63) is 36.5 Å². The molecule has 0 aliphatic carbocycles. The van der Waals surface area contributed by atoms with Crippen LogP contribution in [0, 0.1) is 0 Å². The molecule has 10 heavy (non-hydrogen) atoms. The second-order valence-electron chi connectivity index (χ2n) is 2.15. The van der Waals surface area contributed by atoms with Crippen LogP contribution in [-0.4, -0.2) is 6.61 Å². The molecule has 0 aliphatic rings. The highest BCUT2D eigenvalue weighted by Gasteiger charge is 1.84. The van der Waals surface area contributed by atoms with Gasteiger partial charge in [-0.05, 0) is 12.5 Å². The fraction of sp³-hybridized carbons (Fsp3) is 0.250. The van der Waals surface area contributed by atoms with Crippen LogP contribution >= 0.6 is 0 Å². The monoisotopic (exact) mass is 139 g/mol. The lowest BCUT2D eigenvalue weighted by molar-refractivity contribution is 0.163. The Morgan fingerprint density at radius 3 is 2.50 bits per heavy atom. The lowest BCUT2D eigenvalue weighted by Crippen LogP contribution is -2.01. The van der Waals surface area contributed by atoms with Gasteiger partial charge in [0.05, 0.1) is 6.61 Å². The normalized spacial score (nSPS) is 10.2. The molecular formula is C8H13NO. The SMILES string of the molecule is C=C(C)/C=C\C(=C)CON. The molecule has 0 aromatic rings. The van der Waals surface area contributed by atoms with Crippen molar-refractivity contribution in [3.8, 4) is 0 Å². The van der Waals surface area contributed by atoms with Gasteiger partial charge in [0, 0.05) is 0 Å². The van der Waals surface area contributed by atoms with E-state index in [4.69, 9.17) is 5.90 Å². The molecule has 0 aromatic carbocycles. The number of rotatable bonds is 4. The Hall–Kier alpha value is -0.860. The van der Waals surface area contributed by atoms with Gasteiger partial charge < -0.3 is 0 Å². The second kappa shape index (κ2) is 4.97. The molecule has 0 saturated carbocycles. The molecule has 2 N–H and O–H groups in total. The van der Waals surface area contributed by atoms with Gasteiger partial charge >= 0.3 is 0 Å². The Morgan fingerprint density at radius 2 is 2.10 bits per heavy atom. The average molecular weight is 139 g/mol. The van der Waals surface area contributed by atoms with E-state index < -0.39 is 0 Å². The van der Waals surface area contributed by atoms with Crippen LogP contribution < -0.4 is 5.90 Å². The zero-order valence-corrected chi connectivity index (χ0v) is 6.26. The lowest BCUT2D eigenvalue weighted by Gasteiger charge is -1.94. The van der Waals surface area contributed by atoms with Crippen molar-refractivity contribution in [2.75, 3.05) is 6.61 Å². The fourth-order valence-electron chi connectivity index (χ4n) is 0.415. The van der Waals surface area contributed by atoms with Crippen LogP contribution in [0.25, 0.3) is 0 Å². The molecule has 0 fully saturated rings. The molecule has 0 unspecified atom stereocenters. The van der Waals surface area contributed by atoms with E-state index in [1.54, 1.807) is 0 Å². The highest BCUT2D eigenvalue weighted by Crippen LogP contribution is 1.96. The standard InChI is InChI=1S/C8H13NO/c1-7(2)4-5-8(3)6-10-9/h4-5H,1,3,6,9H2,2H3/b5-4-. The first-order chi connectivity index (χ1) is 4.66. The molecule has 0 saturated heterocycles. The smallest absolute Gasteiger partial charge is 0.0924 e. The third-order valence-corrected chi connectivity index (χ3v) is 0.872. The molecular weight excluding hydrogens is 126 g/mol. The van der Waals surface area contributed by atoms with Gasteiger partial charge in [-0.3, -0.25) is 4.84 Å². The Balaban J connectivity index is 3.67. The van der Waals surface area contributed by atoms with E-state index in [0.29, 0.717) is 6.61 Å². The third kappa shape index (κ3) is 5.28. The minimum Gasteiger partial charge on any atom is -0.300 e. The van der Waals surface area contributed by atoms with Crippen molar-refractivity contribution in [2.45, 2.75) is 6.92 Å². The van der Waals surface area contributed by atoms with Gasteiger partial charge in [0.2, 0.25) is 0 Å². The molecule has 0 rings (SSSR count). The number of hydrogen-bond acceptors (Lipinski definition) is 2. The zero-order chi connectivity index (χ0) is 7.98. The summed E-state index contributed by atoms with van der Waals surface area (Å²) in [6.07, 6.45) is 3.69. The minimum absolute atomic E-state index is 0.365. The van der Waals surface area contributed by atoms with Crippen LogP contribution in [0.3, 0.4) is 0 Å². The summed E-state index contributed by atoms with van der Waals surface area (Å²) in [5.41, 5.74) is 1.82. The highest BCUT2D eigenvalue weighted by molar-refractivity contribution is 5.22. The van der Waals surface area contributed by atoms with Crippen LogP contribution in [0.1, 0.15) is 6.92 Å². The van der Waals surface area contributed by atoms with Crippen LogP contribution in [0.2, 0.25) is 0 Å². The maximum Gasteiger partial charge on any atom is 0.0924 e. The molecule has 0 spiro atoms. The first-order valence-electron chi connectivity index (χ1n) is 3.00. The molecule has 0 atom stereocenters. The second-order valence-corrected chi connectivity index (χ2v) is 2.15. The topological polar surface area (TPSA) is 35.2 Å². The Labute approximate surface area is 61.6 Å².